The van der Waals surface area contributed by atoms with Crippen molar-refractivity contribution in [1.29, 1.82) is 0 Å². The number of aromatic amines is 1. The summed E-state index contributed by atoms with van der Waals surface area (Å²) in [4.78, 5) is 13.5. The number of nitrogens with zero attached hydrogens (tertiary/aromatic N) is 5. The summed E-state index contributed by atoms with van der Waals surface area (Å²) in [5.41, 5.74) is 4.06. The van der Waals surface area contributed by atoms with Crippen LogP contribution in [0.25, 0.3) is 33.7 Å². The van der Waals surface area contributed by atoms with Crippen LogP contribution in [0.1, 0.15) is 12.5 Å². The van der Waals surface area contributed by atoms with E-state index in [1.165, 1.54) is 24.0 Å². The second-order valence-electron chi connectivity index (χ2n) is 8.46. The lowest BCUT2D eigenvalue weighted by Crippen LogP contribution is -2.46. The summed E-state index contributed by atoms with van der Waals surface area (Å²) in [5.74, 6) is -1.39. The highest BCUT2D eigenvalue weighted by molar-refractivity contribution is 5.90. The van der Waals surface area contributed by atoms with Crippen molar-refractivity contribution >= 4 is 16.7 Å². The zero-order valence-corrected chi connectivity index (χ0v) is 19.3. The molecule has 2 aromatic carbocycles. The summed E-state index contributed by atoms with van der Waals surface area (Å²) in [7, 11) is 1.72. The summed E-state index contributed by atoms with van der Waals surface area (Å²) in [6.07, 6.45) is 1.51. The first-order chi connectivity index (χ1) is 16.6. The minimum Gasteiger partial charge on any atom is -0.369 e. The van der Waals surface area contributed by atoms with Gasteiger partial charge in [-0.2, -0.15) is 5.10 Å². The van der Waals surface area contributed by atoms with Crippen LogP contribution in [0.5, 0.6) is 0 Å². The van der Waals surface area contributed by atoms with Crippen LogP contribution in [0.15, 0.2) is 42.6 Å². The molecule has 9 heteroatoms. The normalized spacial score (nSPS) is 14.8. The van der Waals surface area contributed by atoms with E-state index in [1.807, 2.05) is 12.1 Å². The van der Waals surface area contributed by atoms with Crippen molar-refractivity contribution in [2.75, 3.05) is 44.7 Å². The average Bonchev–Trinajstić information content (AvgIpc) is 3.27. The number of piperazine rings is 1. The maximum atomic E-state index is 14.8. The number of H-pyrrole nitrogens is 1. The maximum Gasteiger partial charge on any atom is 0.165 e. The van der Waals surface area contributed by atoms with Gasteiger partial charge < -0.3 is 15.1 Å². The highest BCUT2D eigenvalue weighted by Crippen LogP contribution is 2.30. The molecule has 0 bridgehead atoms. The van der Waals surface area contributed by atoms with Gasteiger partial charge in [-0.05, 0) is 43.4 Å². The number of hydrogen-bond donors (Lipinski definition) is 2. The van der Waals surface area contributed by atoms with Crippen molar-refractivity contribution in [3.63, 3.8) is 0 Å². The molecule has 0 amide bonds. The first kappa shape index (κ1) is 22.4. The Morgan fingerprint density at radius 3 is 2.38 bits per heavy atom. The maximum absolute atomic E-state index is 14.8. The summed E-state index contributed by atoms with van der Waals surface area (Å²) in [5, 5.41) is 10.2. The Hall–Kier alpha value is -3.43. The Bertz CT molecular complexity index is 1270. The van der Waals surface area contributed by atoms with E-state index in [4.69, 9.17) is 0 Å². The lowest BCUT2D eigenvalue weighted by atomic mass is 10.1. The molecule has 0 aliphatic carbocycles. The van der Waals surface area contributed by atoms with Gasteiger partial charge in [0.15, 0.2) is 5.82 Å². The van der Waals surface area contributed by atoms with E-state index in [1.54, 1.807) is 7.05 Å². The van der Waals surface area contributed by atoms with E-state index in [9.17, 15) is 8.78 Å². The van der Waals surface area contributed by atoms with Gasteiger partial charge in [0.1, 0.15) is 28.4 Å². The molecule has 0 unspecified atom stereocenters. The van der Waals surface area contributed by atoms with Crippen LogP contribution in [0.2, 0.25) is 0 Å². The Morgan fingerprint density at radius 1 is 1.03 bits per heavy atom. The lowest BCUT2D eigenvalue weighted by molar-refractivity contribution is 0.271. The number of likely N-dealkylation sites (N-methyl/N-ethyl adjacent to an activating group) is 1. The Kier molecular flexibility index (Phi) is 6.21. The smallest absolute Gasteiger partial charge is 0.165 e. The van der Waals surface area contributed by atoms with Crippen LogP contribution in [-0.4, -0.2) is 64.8 Å². The fourth-order valence-corrected chi connectivity index (χ4v) is 4.43. The third-order valence-electron chi connectivity index (χ3n) is 6.33. The largest absolute Gasteiger partial charge is 0.369 e. The SMILES string of the molecule is CCN1CCN(c2ccc(-c3n[nH]c4cnc(-c5c(F)cc(CNC)cc5F)nc34)cc2)CC1. The molecule has 1 fully saturated rings. The molecule has 0 radical (unpaired) electrons. The van der Waals surface area contributed by atoms with Crippen LogP contribution in [0.4, 0.5) is 14.5 Å². The number of fused-ring (bicyclic) bond motifs is 1. The van der Waals surface area contributed by atoms with E-state index in [-0.39, 0.29) is 11.4 Å². The molecule has 1 saturated heterocycles. The summed E-state index contributed by atoms with van der Waals surface area (Å²) in [6.45, 7) is 7.75. The molecule has 3 heterocycles. The molecule has 0 saturated carbocycles. The van der Waals surface area contributed by atoms with Crippen LogP contribution >= 0.6 is 0 Å². The number of aromatic nitrogens is 4. The third-order valence-corrected chi connectivity index (χ3v) is 6.33. The van der Waals surface area contributed by atoms with Gasteiger partial charge in [-0.3, -0.25) is 5.10 Å². The van der Waals surface area contributed by atoms with Crippen LogP contribution in [-0.2, 0) is 6.54 Å². The highest BCUT2D eigenvalue weighted by Gasteiger charge is 2.20. The van der Waals surface area contributed by atoms with Gasteiger partial charge >= 0.3 is 0 Å². The van der Waals surface area contributed by atoms with Crippen LogP contribution < -0.4 is 10.2 Å². The minimum atomic E-state index is -0.692. The van der Waals surface area contributed by atoms with Gasteiger partial charge in [0.05, 0.1) is 11.8 Å². The number of nitrogens with one attached hydrogen (secondary N) is 2. The number of halogens is 2. The fourth-order valence-electron chi connectivity index (χ4n) is 4.43. The molecular weight excluding hydrogens is 436 g/mol. The van der Waals surface area contributed by atoms with Crippen LogP contribution in [0, 0.1) is 11.6 Å². The fraction of sp³-hybridized carbons (Fsp3) is 0.320. The predicted molar refractivity (Wildman–Crippen MR) is 130 cm³/mol. The lowest BCUT2D eigenvalue weighted by Gasteiger charge is -2.35. The Labute approximate surface area is 196 Å². The van der Waals surface area contributed by atoms with Crippen molar-refractivity contribution in [2.45, 2.75) is 13.5 Å². The quantitative estimate of drug-likeness (QED) is 0.453. The number of rotatable bonds is 6. The molecule has 0 spiro atoms. The van der Waals surface area contributed by atoms with Crippen molar-refractivity contribution in [2.24, 2.45) is 0 Å². The van der Waals surface area contributed by atoms with E-state index < -0.39 is 11.6 Å². The number of anilines is 1. The van der Waals surface area contributed by atoms with E-state index >= 15 is 0 Å². The highest BCUT2D eigenvalue weighted by atomic mass is 19.1. The predicted octanol–water partition coefficient (Wildman–Crippen LogP) is 3.83. The molecule has 2 aromatic heterocycles. The Balaban J connectivity index is 1.45. The van der Waals surface area contributed by atoms with Crippen molar-refractivity contribution < 1.29 is 8.78 Å². The summed E-state index contributed by atoms with van der Waals surface area (Å²) >= 11 is 0. The van der Waals surface area contributed by atoms with E-state index in [0.29, 0.717) is 28.8 Å². The molecule has 5 rings (SSSR count). The monoisotopic (exact) mass is 463 g/mol. The molecule has 2 N–H and O–H groups in total. The van der Waals surface area contributed by atoms with Gasteiger partial charge in [0.2, 0.25) is 0 Å². The zero-order valence-electron chi connectivity index (χ0n) is 19.3. The number of benzene rings is 2. The summed E-state index contributed by atoms with van der Waals surface area (Å²) < 4.78 is 29.5. The second kappa shape index (κ2) is 9.44. The first-order valence-electron chi connectivity index (χ1n) is 11.5. The van der Waals surface area contributed by atoms with Gasteiger partial charge in [0.25, 0.3) is 0 Å². The van der Waals surface area contributed by atoms with Crippen molar-refractivity contribution in [3.8, 4) is 22.6 Å². The second-order valence-corrected chi connectivity index (χ2v) is 8.46. The topological polar surface area (TPSA) is 73.0 Å². The van der Waals surface area contributed by atoms with Gasteiger partial charge in [-0.1, -0.05) is 19.1 Å². The Morgan fingerprint density at radius 2 is 1.74 bits per heavy atom. The molecule has 4 aromatic rings. The molecule has 34 heavy (non-hydrogen) atoms. The molecule has 1 aliphatic heterocycles. The standard InChI is InChI=1S/C25H27F2N7/c1-3-33-8-10-34(11-9-33)18-6-4-17(5-7-18)23-24-21(31-32-23)15-29-25(30-24)22-19(26)12-16(14-28-2)13-20(22)27/h4-7,12-13,15,28H,3,8-11,14H2,1-2H3,(H,31,32). The number of hydrogen-bond acceptors (Lipinski definition) is 6. The summed E-state index contributed by atoms with van der Waals surface area (Å²) in [6, 6.07) is 10.8. The molecule has 176 valence electrons. The zero-order chi connectivity index (χ0) is 23.7. The van der Waals surface area contributed by atoms with Crippen molar-refractivity contribution in [3.05, 3.63) is 59.8 Å². The first-order valence-corrected chi connectivity index (χ1v) is 11.5. The van der Waals surface area contributed by atoms with Gasteiger partial charge in [-0.25, -0.2) is 18.7 Å². The van der Waals surface area contributed by atoms with Gasteiger partial charge in [-0.15, -0.1) is 0 Å². The molecule has 7 nitrogen and oxygen atoms in total. The third kappa shape index (κ3) is 4.24. The average molecular weight is 464 g/mol. The van der Waals surface area contributed by atoms with Crippen LogP contribution in [0.3, 0.4) is 0 Å². The van der Waals surface area contributed by atoms with E-state index in [2.05, 4.69) is 54.3 Å². The molecule has 1 aliphatic rings. The van der Waals surface area contributed by atoms with Crippen molar-refractivity contribution in [1.82, 2.24) is 30.4 Å². The van der Waals surface area contributed by atoms with Gasteiger partial charge in [0, 0.05) is 44.0 Å². The molecule has 0 atom stereocenters. The minimum absolute atomic E-state index is 0.00780. The van der Waals surface area contributed by atoms with E-state index in [0.717, 1.165) is 38.3 Å². The molecular formula is C25H27F2N7.